The topological polar surface area (TPSA) is 32.3 Å². The molecular formula is C12H14BrFN2O. The highest BCUT2D eigenvalue weighted by Crippen LogP contribution is 2.16. The van der Waals surface area contributed by atoms with Crippen LogP contribution in [-0.4, -0.2) is 43.4 Å². The zero-order valence-electron chi connectivity index (χ0n) is 9.38. The zero-order chi connectivity index (χ0) is 12.3. The second kappa shape index (κ2) is 5.71. The molecule has 1 aliphatic rings. The highest BCUT2D eigenvalue weighted by Gasteiger charge is 2.17. The Hall–Kier alpha value is -0.780. The Kier molecular flexibility index (Phi) is 4.25. The molecular weight excluding hydrogens is 287 g/mol. The minimum Gasteiger partial charge on any atom is -0.314 e. The van der Waals surface area contributed by atoms with Gasteiger partial charge in [-0.25, -0.2) is 4.39 Å². The van der Waals surface area contributed by atoms with Crippen molar-refractivity contribution >= 4 is 21.7 Å². The quantitative estimate of drug-likeness (QED) is 0.862. The summed E-state index contributed by atoms with van der Waals surface area (Å²) >= 11 is 3.25. The number of rotatable bonds is 3. The van der Waals surface area contributed by atoms with Crippen LogP contribution < -0.4 is 5.32 Å². The lowest BCUT2D eigenvalue weighted by molar-refractivity contribution is 0.0917. The molecule has 0 aromatic heterocycles. The van der Waals surface area contributed by atoms with Crippen LogP contribution in [-0.2, 0) is 0 Å². The van der Waals surface area contributed by atoms with E-state index in [-0.39, 0.29) is 17.9 Å². The molecule has 0 aliphatic carbocycles. The highest BCUT2D eigenvalue weighted by molar-refractivity contribution is 9.10. The molecule has 1 aromatic rings. The van der Waals surface area contributed by atoms with Crippen LogP contribution in [0.25, 0.3) is 0 Å². The molecule has 1 fully saturated rings. The fourth-order valence-corrected chi connectivity index (χ4v) is 2.23. The third-order valence-electron chi connectivity index (χ3n) is 2.81. The zero-order valence-corrected chi connectivity index (χ0v) is 11.0. The molecule has 0 unspecified atom stereocenters. The lowest BCUT2D eigenvalue weighted by Crippen LogP contribution is -2.45. The fourth-order valence-electron chi connectivity index (χ4n) is 1.87. The van der Waals surface area contributed by atoms with Gasteiger partial charge in [0, 0.05) is 30.7 Å². The largest absolute Gasteiger partial charge is 0.314 e. The van der Waals surface area contributed by atoms with Gasteiger partial charge >= 0.3 is 0 Å². The van der Waals surface area contributed by atoms with E-state index in [4.69, 9.17) is 0 Å². The number of Topliss-reactive ketones (excluding diaryl/α,β-unsaturated/α-hetero) is 1. The molecule has 1 aliphatic heterocycles. The Morgan fingerprint density at radius 2 is 2.12 bits per heavy atom. The van der Waals surface area contributed by atoms with E-state index in [0.717, 1.165) is 30.7 Å². The van der Waals surface area contributed by atoms with Crippen molar-refractivity contribution in [3.8, 4) is 0 Å². The molecule has 17 heavy (non-hydrogen) atoms. The van der Waals surface area contributed by atoms with Gasteiger partial charge in [-0.05, 0) is 18.2 Å². The van der Waals surface area contributed by atoms with Crippen molar-refractivity contribution in [3.05, 3.63) is 34.1 Å². The first-order chi connectivity index (χ1) is 8.16. The Morgan fingerprint density at radius 1 is 1.41 bits per heavy atom. The van der Waals surface area contributed by atoms with Gasteiger partial charge in [-0.15, -0.1) is 0 Å². The highest BCUT2D eigenvalue weighted by atomic mass is 79.9. The maximum atomic E-state index is 13.5. The molecule has 0 spiro atoms. The van der Waals surface area contributed by atoms with Gasteiger partial charge in [0.05, 0.1) is 12.1 Å². The maximum absolute atomic E-state index is 13.5. The number of hydrogen-bond donors (Lipinski definition) is 1. The Morgan fingerprint density at radius 3 is 2.82 bits per heavy atom. The number of nitrogens with zero attached hydrogens (tertiary/aromatic N) is 1. The van der Waals surface area contributed by atoms with E-state index in [1.165, 1.54) is 6.07 Å². The summed E-state index contributed by atoms with van der Waals surface area (Å²) in [5.41, 5.74) is 0.165. The van der Waals surface area contributed by atoms with Crippen LogP contribution in [0.2, 0.25) is 0 Å². The van der Waals surface area contributed by atoms with Crippen LogP contribution in [0.5, 0.6) is 0 Å². The smallest absolute Gasteiger partial charge is 0.179 e. The number of piperazine rings is 1. The van der Waals surface area contributed by atoms with E-state index in [1.807, 2.05) is 4.90 Å². The summed E-state index contributed by atoms with van der Waals surface area (Å²) in [5, 5.41) is 3.21. The predicted molar refractivity (Wildman–Crippen MR) is 67.7 cm³/mol. The minimum absolute atomic E-state index is 0.161. The average Bonchev–Trinajstić information content (AvgIpc) is 2.33. The summed E-state index contributed by atoms with van der Waals surface area (Å²) in [6.45, 7) is 3.72. The van der Waals surface area contributed by atoms with Crippen molar-refractivity contribution in [3.63, 3.8) is 0 Å². The second-order valence-corrected chi connectivity index (χ2v) is 4.99. The number of hydrogen-bond acceptors (Lipinski definition) is 3. The summed E-state index contributed by atoms with van der Waals surface area (Å²) in [5.74, 6) is -0.612. The molecule has 1 aromatic carbocycles. The third kappa shape index (κ3) is 3.34. The molecule has 0 atom stereocenters. The number of carbonyl (C=O) groups excluding carboxylic acids is 1. The van der Waals surface area contributed by atoms with Crippen molar-refractivity contribution in [2.75, 3.05) is 32.7 Å². The van der Waals surface area contributed by atoms with E-state index < -0.39 is 5.82 Å². The van der Waals surface area contributed by atoms with Crippen LogP contribution in [0.4, 0.5) is 4.39 Å². The summed E-state index contributed by atoms with van der Waals surface area (Å²) < 4.78 is 14.2. The van der Waals surface area contributed by atoms with Crippen molar-refractivity contribution in [2.45, 2.75) is 0 Å². The van der Waals surface area contributed by atoms with Gasteiger partial charge in [-0.2, -0.15) is 0 Å². The molecule has 0 saturated carbocycles. The number of benzene rings is 1. The standard InChI is InChI=1S/C12H14BrFN2O/c13-9-1-2-11(14)10(7-9)12(17)8-16-5-3-15-4-6-16/h1-2,7,15H,3-6,8H2. The summed E-state index contributed by atoms with van der Waals surface area (Å²) in [4.78, 5) is 14.0. The van der Waals surface area contributed by atoms with Crippen molar-refractivity contribution in [1.82, 2.24) is 10.2 Å². The first-order valence-corrected chi connectivity index (χ1v) is 6.37. The van der Waals surface area contributed by atoms with Crippen LogP contribution in [0.1, 0.15) is 10.4 Å². The third-order valence-corrected chi connectivity index (χ3v) is 3.30. The molecule has 0 bridgehead atoms. The average molecular weight is 301 g/mol. The van der Waals surface area contributed by atoms with E-state index in [2.05, 4.69) is 21.2 Å². The molecule has 5 heteroatoms. The van der Waals surface area contributed by atoms with Gasteiger partial charge in [0.1, 0.15) is 5.82 Å². The Labute approximate surface area is 108 Å². The van der Waals surface area contributed by atoms with Crippen molar-refractivity contribution in [1.29, 1.82) is 0 Å². The monoisotopic (exact) mass is 300 g/mol. The van der Waals surface area contributed by atoms with Crippen LogP contribution >= 0.6 is 15.9 Å². The number of ketones is 1. The summed E-state index contributed by atoms with van der Waals surface area (Å²) in [6.07, 6.45) is 0. The summed E-state index contributed by atoms with van der Waals surface area (Å²) in [6, 6.07) is 4.45. The molecule has 92 valence electrons. The van der Waals surface area contributed by atoms with E-state index in [9.17, 15) is 9.18 Å². The Bertz CT molecular complexity index is 419. The van der Waals surface area contributed by atoms with Crippen molar-refractivity contribution < 1.29 is 9.18 Å². The normalized spacial score (nSPS) is 17.1. The fraction of sp³-hybridized carbons (Fsp3) is 0.417. The molecule has 1 saturated heterocycles. The van der Waals surface area contributed by atoms with Gasteiger partial charge in [-0.1, -0.05) is 15.9 Å². The van der Waals surface area contributed by atoms with Crippen molar-refractivity contribution in [2.24, 2.45) is 0 Å². The van der Waals surface area contributed by atoms with Gasteiger partial charge in [-0.3, -0.25) is 9.69 Å². The Balaban J connectivity index is 2.05. The SMILES string of the molecule is O=C(CN1CCNCC1)c1cc(Br)ccc1F. The first-order valence-electron chi connectivity index (χ1n) is 5.58. The van der Waals surface area contributed by atoms with E-state index in [1.54, 1.807) is 12.1 Å². The lowest BCUT2D eigenvalue weighted by Gasteiger charge is -2.26. The van der Waals surface area contributed by atoms with Gasteiger partial charge in [0.2, 0.25) is 0 Å². The van der Waals surface area contributed by atoms with Gasteiger partial charge in [0.15, 0.2) is 5.78 Å². The van der Waals surface area contributed by atoms with E-state index in [0.29, 0.717) is 0 Å². The predicted octanol–water partition coefficient (Wildman–Crippen LogP) is 1.68. The number of carbonyl (C=O) groups is 1. The van der Waals surface area contributed by atoms with Gasteiger partial charge < -0.3 is 5.32 Å². The number of halogens is 2. The molecule has 1 N–H and O–H groups in total. The molecule has 0 amide bonds. The van der Waals surface area contributed by atoms with Crippen LogP contribution in [0.15, 0.2) is 22.7 Å². The van der Waals surface area contributed by atoms with Crippen LogP contribution in [0.3, 0.4) is 0 Å². The second-order valence-electron chi connectivity index (χ2n) is 4.07. The number of nitrogens with one attached hydrogen (secondary N) is 1. The van der Waals surface area contributed by atoms with E-state index >= 15 is 0 Å². The minimum atomic E-state index is -0.451. The molecule has 0 radical (unpaired) electrons. The van der Waals surface area contributed by atoms with Gasteiger partial charge in [0.25, 0.3) is 0 Å². The molecule has 3 nitrogen and oxygen atoms in total. The molecule has 2 rings (SSSR count). The van der Waals surface area contributed by atoms with Crippen LogP contribution in [0, 0.1) is 5.82 Å². The lowest BCUT2D eigenvalue weighted by atomic mass is 10.1. The summed E-state index contributed by atoms with van der Waals surface area (Å²) in [7, 11) is 0. The molecule has 1 heterocycles. The first kappa shape index (κ1) is 12.7. The maximum Gasteiger partial charge on any atom is 0.179 e.